The minimum atomic E-state index is -0.0975. The molecule has 0 aromatic rings. The molecule has 1 saturated heterocycles. The highest BCUT2D eigenvalue weighted by Crippen LogP contribution is 2.35. The maximum atomic E-state index is 11.5. The average Bonchev–Trinajstić information content (AvgIpc) is 2.30. The Labute approximate surface area is 106 Å². The van der Waals surface area contributed by atoms with Crippen LogP contribution in [-0.2, 0) is 9.53 Å². The van der Waals surface area contributed by atoms with Gasteiger partial charge in [-0.3, -0.25) is 4.79 Å². The van der Waals surface area contributed by atoms with E-state index >= 15 is 0 Å². The summed E-state index contributed by atoms with van der Waals surface area (Å²) in [4.78, 5) is 11.5. The van der Waals surface area contributed by atoms with Crippen LogP contribution in [0.15, 0.2) is 0 Å². The molecule has 0 unspecified atom stereocenters. The summed E-state index contributed by atoms with van der Waals surface area (Å²) >= 11 is 0. The van der Waals surface area contributed by atoms with E-state index in [9.17, 15) is 4.79 Å². The number of hydrogen-bond donors (Lipinski definition) is 0. The SMILES string of the molecule is CCCCCC1(CCCCC)CCCC(=O)O1. The van der Waals surface area contributed by atoms with E-state index in [1.807, 2.05) is 0 Å². The Morgan fingerprint density at radius 1 is 1.06 bits per heavy atom. The van der Waals surface area contributed by atoms with Crippen LogP contribution in [0, 0.1) is 0 Å². The Kier molecular flexibility index (Phi) is 6.61. The second-order valence-corrected chi connectivity index (χ2v) is 5.42. The Morgan fingerprint density at radius 2 is 1.65 bits per heavy atom. The number of unbranched alkanes of at least 4 members (excludes halogenated alkanes) is 4. The van der Waals surface area contributed by atoms with Crippen molar-refractivity contribution in [3.8, 4) is 0 Å². The van der Waals surface area contributed by atoms with Crippen LogP contribution in [0.25, 0.3) is 0 Å². The van der Waals surface area contributed by atoms with Crippen LogP contribution in [0.5, 0.6) is 0 Å². The highest BCUT2D eigenvalue weighted by atomic mass is 16.6. The number of esters is 1. The fourth-order valence-electron chi connectivity index (χ4n) is 2.77. The third-order valence-electron chi connectivity index (χ3n) is 3.82. The van der Waals surface area contributed by atoms with Crippen molar-refractivity contribution in [3.63, 3.8) is 0 Å². The molecule has 0 spiro atoms. The van der Waals surface area contributed by atoms with Gasteiger partial charge in [0.2, 0.25) is 0 Å². The molecule has 0 aromatic heterocycles. The van der Waals surface area contributed by atoms with Gasteiger partial charge >= 0.3 is 5.97 Å². The highest BCUT2D eigenvalue weighted by molar-refractivity contribution is 5.70. The van der Waals surface area contributed by atoms with Gasteiger partial charge in [-0.15, -0.1) is 0 Å². The molecule has 100 valence electrons. The molecule has 0 saturated carbocycles. The van der Waals surface area contributed by atoms with Crippen LogP contribution < -0.4 is 0 Å². The molecule has 1 fully saturated rings. The zero-order valence-corrected chi connectivity index (χ0v) is 11.6. The molecule has 1 aliphatic heterocycles. The fourth-order valence-corrected chi connectivity index (χ4v) is 2.77. The van der Waals surface area contributed by atoms with E-state index < -0.39 is 0 Å². The third kappa shape index (κ3) is 5.10. The van der Waals surface area contributed by atoms with Gasteiger partial charge in [-0.2, -0.15) is 0 Å². The van der Waals surface area contributed by atoms with Crippen molar-refractivity contribution >= 4 is 5.97 Å². The maximum absolute atomic E-state index is 11.5. The van der Waals surface area contributed by atoms with E-state index in [0.717, 1.165) is 25.7 Å². The first-order valence-electron chi connectivity index (χ1n) is 7.44. The molecule has 1 rings (SSSR count). The average molecular weight is 240 g/mol. The molecule has 17 heavy (non-hydrogen) atoms. The molecule has 1 heterocycles. The lowest BCUT2D eigenvalue weighted by molar-refractivity contribution is -0.169. The summed E-state index contributed by atoms with van der Waals surface area (Å²) in [5, 5.41) is 0. The molecule has 0 aliphatic carbocycles. The Hall–Kier alpha value is -0.530. The van der Waals surface area contributed by atoms with Crippen LogP contribution in [0.4, 0.5) is 0 Å². The largest absolute Gasteiger partial charge is 0.459 e. The summed E-state index contributed by atoms with van der Waals surface area (Å²) in [6.07, 6.45) is 12.3. The summed E-state index contributed by atoms with van der Waals surface area (Å²) in [6.45, 7) is 4.44. The number of hydrogen-bond acceptors (Lipinski definition) is 2. The van der Waals surface area contributed by atoms with Gasteiger partial charge in [0, 0.05) is 6.42 Å². The van der Waals surface area contributed by atoms with Crippen LogP contribution >= 0.6 is 0 Å². The second kappa shape index (κ2) is 7.73. The number of carbonyl (C=O) groups excluding carboxylic acids is 1. The number of ether oxygens (including phenoxy) is 1. The van der Waals surface area contributed by atoms with Crippen LogP contribution in [0.1, 0.15) is 84.5 Å². The highest BCUT2D eigenvalue weighted by Gasteiger charge is 2.36. The normalized spacial score (nSPS) is 19.1. The molecule has 2 nitrogen and oxygen atoms in total. The third-order valence-corrected chi connectivity index (χ3v) is 3.82. The lowest BCUT2D eigenvalue weighted by Crippen LogP contribution is -2.38. The lowest BCUT2D eigenvalue weighted by Gasteiger charge is -2.37. The van der Waals surface area contributed by atoms with Gasteiger partial charge in [0.05, 0.1) is 0 Å². The van der Waals surface area contributed by atoms with Crippen molar-refractivity contribution in [2.45, 2.75) is 90.1 Å². The second-order valence-electron chi connectivity index (χ2n) is 5.42. The van der Waals surface area contributed by atoms with Crippen molar-refractivity contribution in [1.29, 1.82) is 0 Å². The maximum Gasteiger partial charge on any atom is 0.306 e. The quantitative estimate of drug-likeness (QED) is 0.457. The van der Waals surface area contributed by atoms with Gasteiger partial charge in [-0.05, 0) is 38.5 Å². The van der Waals surface area contributed by atoms with Crippen LogP contribution in [0.2, 0.25) is 0 Å². The molecule has 2 heteroatoms. The molecular weight excluding hydrogens is 212 g/mol. The summed E-state index contributed by atoms with van der Waals surface area (Å²) in [5.41, 5.74) is -0.0975. The summed E-state index contributed by atoms with van der Waals surface area (Å²) in [7, 11) is 0. The fraction of sp³-hybridized carbons (Fsp3) is 0.933. The predicted octanol–water partition coefficient (Wildman–Crippen LogP) is 4.61. The minimum Gasteiger partial charge on any atom is -0.459 e. The minimum absolute atomic E-state index is 0.0317. The van der Waals surface area contributed by atoms with Crippen LogP contribution in [0.3, 0.4) is 0 Å². The molecule has 0 amide bonds. The van der Waals surface area contributed by atoms with Crippen molar-refractivity contribution < 1.29 is 9.53 Å². The molecule has 1 aliphatic rings. The van der Waals surface area contributed by atoms with Gasteiger partial charge in [-0.25, -0.2) is 0 Å². The van der Waals surface area contributed by atoms with Gasteiger partial charge in [0.1, 0.15) is 5.60 Å². The zero-order valence-electron chi connectivity index (χ0n) is 11.6. The van der Waals surface area contributed by atoms with E-state index in [-0.39, 0.29) is 11.6 Å². The summed E-state index contributed by atoms with van der Waals surface area (Å²) in [5.74, 6) is 0.0317. The molecule has 0 atom stereocenters. The first-order valence-corrected chi connectivity index (χ1v) is 7.44. The first-order chi connectivity index (χ1) is 8.22. The van der Waals surface area contributed by atoms with Crippen molar-refractivity contribution in [2.24, 2.45) is 0 Å². The molecule has 0 radical (unpaired) electrons. The zero-order chi connectivity index (χ0) is 12.6. The number of rotatable bonds is 8. The smallest absolute Gasteiger partial charge is 0.306 e. The van der Waals surface area contributed by atoms with Crippen molar-refractivity contribution in [3.05, 3.63) is 0 Å². The van der Waals surface area contributed by atoms with Crippen molar-refractivity contribution in [2.75, 3.05) is 0 Å². The predicted molar refractivity (Wildman–Crippen MR) is 71.0 cm³/mol. The molecular formula is C15H28O2. The number of cyclic esters (lactones) is 1. The molecule has 0 bridgehead atoms. The first kappa shape index (κ1) is 14.5. The van der Waals surface area contributed by atoms with Gasteiger partial charge < -0.3 is 4.74 Å². The number of carbonyl (C=O) groups is 1. The Morgan fingerprint density at radius 3 is 2.12 bits per heavy atom. The summed E-state index contributed by atoms with van der Waals surface area (Å²) in [6, 6.07) is 0. The van der Waals surface area contributed by atoms with E-state index in [2.05, 4.69) is 13.8 Å². The Bertz CT molecular complexity index is 213. The topological polar surface area (TPSA) is 26.3 Å². The summed E-state index contributed by atoms with van der Waals surface area (Å²) < 4.78 is 5.73. The Balaban J connectivity index is 2.46. The standard InChI is InChI=1S/C15H28O2/c1-3-5-7-11-15(12-8-6-4-2)13-9-10-14(16)17-15/h3-13H2,1-2H3. The van der Waals surface area contributed by atoms with E-state index in [4.69, 9.17) is 4.74 Å². The molecule has 0 aromatic carbocycles. The van der Waals surface area contributed by atoms with Gasteiger partial charge in [0.15, 0.2) is 0 Å². The van der Waals surface area contributed by atoms with Gasteiger partial charge in [0.25, 0.3) is 0 Å². The lowest BCUT2D eigenvalue weighted by atomic mass is 9.83. The van der Waals surface area contributed by atoms with E-state index in [1.54, 1.807) is 0 Å². The van der Waals surface area contributed by atoms with E-state index in [0.29, 0.717) is 6.42 Å². The van der Waals surface area contributed by atoms with E-state index in [1.165, 1.54) is 38.5 Å². The monoisotopic (exact) mass is 240 g/mol. The van der Waals surface area contributed by atoms with Gasteiger partial charge in [-0.1, -0.05) is 39.5 Å². The van der Waals surface area contributed by atoms with Crippen molar-refractivity contribution in [1.82, 2.24) is 0 Å². The van der Waals surface area contributed by atoms with Crippen LogP contribution in [-0.4, -0.2) is 11.6 Å². The molecule has 0 N–H and O–H groups in total.